The van der Waals surface area contributed by atoms with E-state index in [0.717, 1.165) is 49.8 Å². The van der Waals surface area contributed by atoms with Gasteiger partial charge in [-0.1, -0.05) is 200 Å². The molecule has 3 heterocycles. The Balaban J connectivity index is 1.09. The molecule has 1 aliphatic heterocycles. The molecule has 4 nitrogen and oxygen atoms in total. The van der Waals surface area contributed by atoms with Crippen molar-refractivity contribution in [2.75, 3.05) is 0 Å². The molecule has 2 aliphatic rings. The summed E-state index contributed by atoms with van der Waals surface area (Å²) in [5.74, 6) is 1.85. The molecule has 1 spiro atoms. The van der Waals surface area contributed by atoms with Gasteiger partial charge in [0.1, 0.15) is 0 Å². The number of benzene rings is 9. The van der Waals surface area contributed by atoms with Crippen LogP contribution in [-0.4, -0.2) is 19.9 Å². The maximum Gasteiger partial charge on any atom is 0.164 e. The Kier molecular flexibility index (Phi) is 8.33. The Morgan fingerprint density at radius 3 is 1.47 bits per heavy atom. The molecule has 0 fully saturated rings. The zero-order valence-electron chi connectivity index (χ0n) is 34.5. The van der Waals surface area contributed by atoms with E-state index < -0.39 is 5.41 Å². The molecule has 11 aromatic rings. The maximum absolute atomic E-state index is 5.47. The lowest BCUT2D eigenvalue weighted by molar-refractivity contribution is 0.723. The monoisotopic (exact) mass is 832 g/mol. The Hall–Kier alpha value is -7.99. The number of hydrogen-bond acceptors (Lipinski definition) is 5. The maximum atomic E-state index is 5.47. The SMILES string of the molecule is c1ccc(-c2ccc(-c3nc(-c4ccccc4)nc(-c4ccc5nc(-c6ccccc6)c6ccc7c(c6c5c4)-c4ccccc4C74c5ccccc5Sc5ccccc54)n3)cc2)cc1. The molecule has 0 unspecified atom stereocenters. The van der Waals surface area contributed by atoms with Crippen LogP contribution in [0.4, 0.5) is 0 Å². The molecule has 5 heteroatoms. The van der Waals surface area contributed by atoms with Crippen molar-refractivity contribution in [3.8, 4) is 67.7 Å². The average molecular weight is 833 g/mol. The van der Waals surface area contributed by atoms with Crippen LogP contribution in [0.15, 0.2) is 228 Å². The van der Waals surface area contributed by atoms with E-state index in [1.807, 2.05) is 36.0 Å². The van der Waals surface area contributed by atoms with Crippen molar-refractivity contribution in [1.82, 2.24) is 19.9 Å². The first-order chi connectivity index (χ1) is 31.7. The summed E-state index contributed by atoms with van der Waals surface area (Å²) < 4.78 is 0. The van der Waals surface area contributed by atoms with Crippen LogP contribution in [0.3, 0.4) is 0 Å². The summed E-state index contributed by atoms with van der Waals surface area (Å²) >= 11 is 1.87. The molecule has 0 bridgehead atoms. The predicted molar refractivity (Wildman–Crippen MR) is 261 cm³/mol. The van der Waals surface area contributed by atoms with Crippen LogP contribution in [0.5, 0.6) is 0 Å². The van der Waals surface area contributed by atoms with E-state index in [0.29, 0.717) is 17.5 Å². The fourth-order valence-electron chi connectivity index (χ4n) is 10.2. The largest absolute Gasteiger partial charge is 0.247 e. The number of aromatic nitrogens is 4. The lowest BCUT2D eigenvalue weighted by atomic mass is 9.67. The van der Waals surface area contributed by atoms with Gasteiger partial charge in [0, 0.05) is 48.2 Å². The molecule has 64 heavy (non-hydrogen) atoms. The van der Waals surface area contributed by atoms with Crippen LogP contribution < -0.4 is 0 Å². The third kappa shape index (κ3) is 5.57. The molecule has 0 saturated carbocycles. The molecule has 0 atom stereocenters. The normalized spacial score (nSPS) is 13.1. The van der Waals surface area contributed by atoms with Gasteiger partial charge in [-0.3, -0.25) is 0 Å². The third-order valence-electron chi connectivity index (χ3n) is 13.0. The van der Waals surface area contributed by atoms with E-state index in [1.54, 1.807) is 0 Å². The second-order valence-corrected chi connectivity index (χ2v) is 17.6. The van der Waals surface area contributed by atoms with Crippen molar-refractivity contribution in [1.29, 1.82) is 0 Å². The van der Waals surface area contributed by atoms with Crippen LogP contribution in [-0.2, 0) is 5.41 Å². The molecule has 2 aromatic heterocycles. The topological polar surface area (TPSA) is 51.6 Å². The summed E-state index contributed by atoms with van der Waals surface area (Å²) in [5, 5.41) is 3.33. The second-order valence-electron chi connectivity index (χ2n) is 16.5. The van der Waals surface area contributed by atoms with Gasteiger partial charge in [-0.2, -0.15) is 0 Å². The average Bonchev–Trinajstić information content (AvgIpc) is 3.67. The van der Waals surface area contributed by atoms with E-state index in [1.165, 1.54) is 54.1 Å². The van der Waals surface area contributed by atoms with Crippen LogP contribution in [0.1, 0.15) is 22.3 Å². The van der Waals surface area contributed by atoms with Crippen LogP contribution in [0.2, 0.25) is 0 Å². The van der Waals surface area contributed by atoms with Crippen LogP contribution in [0, 0.1) is 0 Å². The molecule has 0 radical (unpaired) electrons. The van der Waals surface area contributed by atoms with Gasteiger partial charge in [0.15, 0.2) is 17.5 Å². The quantitative estimate of drug-likeness (QED) is 0.162. The van der Waals surface area contributed by atoms with E-state index in [9.17, 15) is 0 Å². The van der Waals surface area contributed by atoms with E-state index >= 15 is 0 Å². The van der Waals surface area contributed by atoms with Crippen LogP contribution in [0.25, 0.3) is 89.4 Å². The molecular weight excluding hydrogens is 797 g/mol. The molecule has 0 saturated heterocycles. The summed E-state index contributed by atoms with van der Waals surface area (Å²) in [6.45, 7) is 0. The zero-order chi connectivity index (χ0) is 42.2. The minimum absolute atomic E-state index is 0.511. The Bertz CT molecular complexity index is 3580. The standard InChI is InChI=1S/C59H36N4S/c1-4-16-37(17-5-1)38-28-30-41(31-29-38)57-61-56(40-20-8-3-9-21-40)62-58(63-57)42-32-35-50-45(36-42)53-44(55(60-50)39-18-6-2-7-19-39)33-34-49-54(53)43-22-10-11-23-46(43)59(49)47-24-12-14-26-51(47)64-52-27-15-13-25-48(52)59/h1-36H. The van der Waals surface area contributed by atoms with Gasteiger partial charge in [-0.15, -0.1) is 0 Å². The highest BCUT2D eigenvalue weighted by Gasteiger charge is 2.50. The first kappa shape index (κ1) is 36.6. The third-order valence-corrected chi connectivity index (χ3v) is 14.1. The van der Waals surface area contributed by atoms with Gasteiger partial charge in [-0.25, -0.2) is 19.9 Å². The lowest BCUT2D eigenvalue weighted by Crippen LogP contribution is -2.31. The smallest absolute Gasteiger partial charge is 0.164 e. The minimum Gasteiger partial charge on any atom is -0.247 e. The predicted octanol–water partition coefficient (Wildman–Crippen LogP) is 14.7. The number of fused-ring (bicyclic) bond motifs is 13. The fourth-order valence-corrected chi connectivity index (χ4v) is 11.4. The van der Waals surface area contributed by atoms with Crippen molar-refractivity contribution in [2.45, 2.75) is 15.2 Å². The first-order valence-corrected chi connectivity index (χ1v) is 22.4. The Morgan fingerprint density at radius 1 is 0.328 bits per heavy atom. The fraction of sp³-hybridized carbons (Fsp3) is 0.0169. The molecule has 0 amide bonds. The highest BCUT2D eigenvalue weighted by Crippen LogP contribution is 2.63. The van der Waals surface area contributed by atoms with Gasteiger partial charge in [-0.05, 0) is 74.8 Å². The summed E-state index contributed by atoms with van der Waals surface area (Å²) in [6.07, 6.45) is 0. The molecule has 13 rings (SSSR count). The minimum atomic E-state index is -0.511. The molecule has 1 aliphatic carbocycles. The summed E-state index contributed by atoms with van der Waals surface area (Å²) in [7, 11) is 0. The van der Waals surface area contributed by atoms with Crippen molar-refractivity contribution >= 4 is 33.4 Å². The van der Waals surface area contributed by atoms with Gasteiger partial charge in [0.05, 0.1) is 16.6 Å². The number of hydrogen-bond donors (Lipinski definition) is 0. The highest BCUT2D eigenvalue weighted by molar-refractivity contribution is 7.99. The Morgan fingerprint density at radius 2 is 0.812 bits per heavy atom. The van der Waals surface area contributed by atoms with Crippen molar-refractivity contribution in [2.24, 2.45) is 0 Å². The summed E-state index contributed by atoms with van der Waals surface area (Å²) in [5.41, 5.74) is 15.2. The van der Waals surface area contributed by atoms with Crippen molar-refractivity contribution in [3.63, 3.8) is 0 Å². The number of rotatable bonds is 5. The summed E-state index contributed by atoms with van der Waals surface area (Å²) in [4.78, 5) is 23.6. The van der Waals surface area contributed by atoms with Crippen LogP contribution >= 0.6 is 11.8 Å². The van der Waals surface area contributed by atoms with Gasteiger partial charge < -0.3 is 0 Å². The number of pyridine rings is 1. The van der Waals surface area contributed by atoms with Gasteiger partial charge >= 0.3 is 0 Å². The highest BCUT2D eigenvalue weighted by atomic mass is 32.2. The van der Waals surface area contributed by atoms with Gasteiger partial charge in [0.25, 0.3) is 0 Å². The Labute approximate surface area is 375 Å². The van der Waals surface area contributed by atoms with E-state index in [-0.39, 0.29) is 0 Å². The van der Waals surface area contributed by atoms with Gasteiger partial charge in [0.2, 0.25) is 0 Å². The lowest BCUT2D eigenvalue weighted by Gasteiger charge is -2.39. The molecule has 0 N–H and O–H groups in total. The molecule has 9 aromatic carbocycles. The van der Waals surface area contributed by atoms with Crippen molar-refractivity contribution in [3.05, 3.63) is 241 Å². The van der Waals surface area contributed by atoms with E-state index in [2.05, 4.69) is 194 Å². The van der Waals surface area contributed by atoms with E-state index in [4.69, 9.17) is 19.9 Å². The zero-order valence-corrected chi connectivity index (χ0v) is 35.3. The van der Waals surface area contributed by atoms with Crippen molar-refractivity contribution < 1.29 is 0 Å². The summed E-state index contributed by atoms with van der Waals surface area (Å²) in [6, 6.07) is 78.0. The number of nitrogens with zero attached hydrogens (tertiary/aromatic N) is 4. The molecular formula is C59H36N4S. The second kappa shape index (κ2) is 14.6. The molecule has 298 valence electrons. The first-order valence-electron chi connectivity index (χ1n) is 21.6.